The standard InChI is InChI=1S/C17H17ClN2O5S/c18-13-3-6-16(20-7-9-25-10-8-20)15(11-13)19-26(23,24)14-4-1-12(2-5-14)17(21)22/h1-6,11,19H,7-10H2,(H,21,22). The Morgan fingerprint density at radius 2 is 1.77 bits per heavy atom. The van der Waals surface area contributed by atoms with Crippen LogP contribution in [0.5, 0.6) is 0 Å². The number of carboxylic acids is 1. The third kappa shape index (κ3) is 4.09. The molecule has 7 nitrogen and oxygen atoms in total. The Labute approximate surface area is 156 Å². The van der Waals surface area contributed by atoms with Crippen molar-refractivity contribution in [1.29, 1.82) is 0 Å². The molecule has 0 radical (unpaired) electrons. The van der Waals surface area contributed by atoms with Gasteiger partial charge in [0, 0.05) is 18.1 Å². The van der Waals surface area contributed by atoms with Crippen LogP contribution < -0.4 is 9.62 Å². The minimum atomic E-state index is -3.89. The van der Waals surface area contributed by atoms with E-state index >= 15 is 0 Å². The number of rotatable bonds is 5. The molecule has 0 aliphatic carbocycles. The first-order valence-corrected chi connectivity index (χ1v) is 9.71. The number of halogens is 1. The second-order valence-corrected chi connectivity index (χ2v) is 7.81. The third-order valence-electron chi connectivity index (χ3n) is 3.97. The first kappa shape index (κ1) is 18.5. The predicted octanol–water partition coefficient (Wildman–Crippen LogP) is 2.68. The molecule has 138 valence electrons. The lowest BCUT2D eigenvalue weighted by Gasteiger charge is -2.30. The molecule has 26 heavy (non-hydrogen) atoms. The van der Waals surface area contributed by atoms with E-state index in [0.29, 0.717) is 42.7 Å². The molecule has 0 aromatic heterocycles. The highest BCUT2D eigenvalue weighted by atomic mass is 35.5. The Hall–Kier alpha value is -2.29. The van der Waals surface area contributed by atoms with Gasteiger partial charge in [-0.05, 0) is 42.5 Å². The molecule has 0 spiro atoms. The molecule has 3 rings (SSSR count). The van der Waals surface area contributed by atoms with E-state index in [9.17, 15) is 13.2 Å². The third-order valence-corrected chi connectivity index (χ3v) is 5.58. The topological polar surface area (TPSA) is 95.9 Å². The molecular weight excluding hydrogens is 380 g/mol. The van der Waals surface area contributed by atoms with Crippen molar-refractivity contribution in [3.63, 3.8) is 0 Å². The maximum absolute atomic E-state index is 12.7. The molecule has 1 fully saturated rings. The van der Waals surface area contributed by atoms with Gasteiger partial charge in [0.05, 0.1) is 35.0 Å². The van der Waals surface area contributed by atoms with Crippen LogP contribution in [-0.4, -0.2) is 45.8 Å². The van der Waals surface area contributed by atoms with Gasteiger partial charge in [0.15, 0.2) is 0 Å². The zero-order valence-electron chi connectivity index (χ0n) is 13.7. The van der Waals surface area contributed by atoms with Gasteiger partial charge in [-0.1, -0.05) is 11.6 Å². The number of nitrogens with zero attached hydrogens (tertiary/aromatic N) is 1. The first-order chi connectivity index (χ1) is 12.4. The fraction of sp³-hybridized carbons (Fsp3) is 0.235. The first-order valence-electron chi connectivity index (χ1n) is 7.85. The fourth-order valence-electron chi connectivity index (χ4n) is 2.65. The van der Waals surface area contributed by atoms with E-state index < -0.39 is 16.0 Å². The maximum Gasteiger partial charge on any atom is 0.335 e. The van der Waals surface area contributed by atoms with Gasteiger partial charge in [0.2, 0.25) is 0 Å². The number of sulfonamides is 1. The number of hydrogen-bond acceptors (Lipinski definition) is 5. The van der Waals surface area contributed by atoms with E-state index in [2.05, 4.69) is 4.72 Å². The number of carboxylic acid groups (broad SMARTS) is 1. The van der Waals surface area contributed by atoms with Crippen molar-refractivity contribution in [2.24, 2.45) is 0 Å². The molecule has 9 heteroatoms. The number of benzene rings is 2. The SMILES string of the molecule is O=C(O)c1ccc(S(=O)(=O)Nc2cc(Cl)ccc2N2CCOCC2)cc1. The van der Waals surface area contributed by atoms with Crippen LogP contribution in [0.4, 0.5) is 11.4 Å². The fourth-order valence-corrected chi connectivity index (χ4v) is 3.89. The predicted molar refractivity (Wildman–Crippen MR) is 98.7 cm³/mol. The molecule has 2 aromatic carbocycles. The van der Waals surface area contributed by atoms with E-state index in [-0.39, 0.29) is 10.5 Å². The van der Waals surface area contributed by atoms with Crippen molar-refractivity contribution < 1.29 is 23.1 Å². The second-order valence-electron chi connectivity index (χ2n) is 5.70. The summed E-state index contributed by atoms with van der Waals surface area (Å²) in [5.41, 5.74) is 1.09. The van der Waals surface area contributed by atoms with Crippen molar-refractivity contribution in [3.05, 3.63) is 53.1 Å². The van der Waals surface area contributed by atoms with Crippen LogP contribution in [0.15, 0.2) is 47.4 Å². The Morgan fingerprint density at radius 3 is 2.38 bits per heavy atom. The van der Waals surface area contributed by atoms with E-state index in [4.69, 9.17) is 21.4 Å². The highest BCUT2D eigenvalue weighted by Gasteiger charge is 2.20. The van der Waals surface area contributed by atoms with Crippen molar-refractivity contribution >= 4 is 39.0 Å². The van der Waals surface area contributed by atoms with Gasteiger partial charge >= 0.3 is 5.97 Å². The largest absolute Gasteiger partial charge is 0.478 e. The number of morpholine rings is 1. The highest BCUT2D eigenvalue weighted by molar-refractivity contribution is 7.92. The zero-order chi connectivity index (χ0) is 18.7. The average molecular weight is 397 g/mol. The molecule has 1 aliphatic rings. The van der Waals surface area contributed by atoms with Gasteiger partial charge in [0.1, 0.15) is 0 Å². The van der Waals surface area contributed by atoms with Crippen LogP contribution in [-0.2, 0) is 14.8 Å². The molecule has 2 N–H and O–H groups in total. The Kier molecular flexibility index (Phi) is 5.36. The van der Waals surface area contributed by atoms with Crippen LogP contribution in [0.1, 0.15) is 10.4 Å². The summed E-state index contributed by atoms with van der Waals surface area (Å²) in [5.74, 6) is -1.12. The van der Waals surface area contributed by atoms with Gasteiger partial charge < -0.3 is 14.7 Å². The lowest BCUT2D eigenvalue weighted by molar-refractivity contribution is 0.0696. The molecule has 1 saturated heterocycles. The molecule has 0 atom stereocenters. The van der Waals surface area contributed by atoms with E-state index in [1.54, 1.807) is 18.2 Å². The number of anilines is 2. The van der Waals surface area contributed by atoms with Crippen LogP contribution in [0.2, 0.25) is 5.02 Å². The lowest BCUT2D eigenvalue weighted by Crippen LogP contribution is -2.36. The molecule has 0 bridgehead atoms. The van der Waals surface area contributed by atoms with Gasteiger partial charge in [-0.2, -0.15) is 0 Å². The van der Waals surface area contributed by atoms with Crippen molar-refractivity contribution in [3.8, 4) is 0 Å². The normalized spacial score (nSPS) is 14.9. The average Bonchev–Trinajstić information content (AvgIpc) is 2.62. The Morgan fingerprint density at radius 1 is 1.12 bits per heavy atom. The lowest BCUT2D eigenvalue weighted by atomic mass is 10.2. The minimum Gasteiger partial charge on any atom is -0.478 e. The summed E-state index contributed by atoms with van der Waals surface area (Å²) >= 11 is 6.04. The molecule has 0 amide bonds. The summed E-state index contributed by atoms with van der Waals surface area (Å²) < 4.78 is 33.2. The van der Waals surface area contributed by atoms with E-state index in [0.717, 1.165) is 0 Å². The smallest absolute Gasteiger partial charge is 0.335 e. The van der Waals surface area contributed by atoms with Crippen LogP contribution in [0, 0.1) is 0 Å². The summed E-state index contributed by atoms with van der Waals surface area (Å²) in [6, 6.07) is 10.0. The highest BCUT2D eigenvalue weighted by Crippen LogP contribution is 2.31. The van der Waals surface area contributed by atoms with E-state index in [1.165, 1.54) is 24.3 Å². The number of aromatic carboxylic acids is 1. The Bertz CT molecular complexity index is 909. The summed E-state index contributed by atoms with van der Waals surface area (Å²) in [7, 11) is -3.89. The molecule has 2 aromatic rings. The molecular formula is C17H17ClN2O5S. The maximum atomic E-state index is 12.7. The molecule has 0 unspecified atom stereocenters. The number of ether oxygens (including phenoxy) is 1. The van der Waals surface area contributed by atoms with E-state index in [1.807, 2.05) is 4.90 Å². The number of nitrogens with one attached hydrogen (secondary N) is 1. The van der Waals surface area contributed by atoms with Crippen LogP contribution in [0.3, 0.4) is 0 Å². The molecule has 1 aliphatic heterocycles. The summed E-state index contributed by atoms with van der Waals surface area (Å²) in [6.07, 6.45) is 0. The van der Waals surface area contributed by atoms with Gasteiger partial charge in [-0.15, -0.1) is 0 Å². The van der Waals surface area contributed by atoms with Crippen molar-refractivity contribution in [1.82, 2.24) is 0 Å². The second kappa shape index (κ2) is 7.53. The van der Waals surface area contributed by atoms with Gasteiger partial charge in [-0.3, -0.25) is 4.72 Å². The monoisotopic (exact) mass is 396 g/mol. The van der Waals surface area contributed by atoms with Crippen molar-refractivity contribution in [2.45, 2.75) is 4.90 Å². The molecule has 0 saturated carbocycles. The Balaban J connectivity index is 1.91. The van der Waals surface area contributed by atoms with Gasteiger partial charge in [-0.25, -0.2) is 13.2 Å². The van der Waals surface area contributed by atoms with Crippen molar-refractivity contribution in [2.75, 3.05) is 35.9 Å². The number of hydrogen-bond donors (Lipinski definition) is 2. The van der Waals surface area contributed by atoms with Gasteiger partial charge in [0.25, 0.3) is 10.0 Å². The van der Waals surface area contributed by atoms with Crippen LogP contribution >= 0.6 is 11.6 Å². The minimum absolute atomic E-state index is 0.0145. The number of carbonyl (C=O) groups is 1. The summed E-state index contributed by atoms with van der Waals surface area (Å²) in [4.78, 5) is 12.9. The molecule has 1 heterocycles. The summed E-state index contributed by atoms with van der Waals surface area (Å²) in [5, 5.41) is 9.33. The zero-order valence-corrected chi connectivity index (χ0v) is 15.3. The quantitative estimate of drug-likeness (QED) is 0.806. The van der Waals surface area contributed by atoms with Crippen LogP contribution in [0.25, 0.3) is 0 Å². The summed E-state index contributed by atoms with van der Waals surface area (Å²) in [6.45, 7) is 2.41.